The lowest BCUT2D eigenvalue weighted by molar-refractivity contribution is -0.137. The quantitative estimate of drug-likeness (QED) is 0.0215. The minimum Gasteiger partial charge on any atom is -0.391 e. The van der Waals surface area contributed by atoms with Crippen LogP contribution in [0, 0.1) is 35.5 Å². The first-order chi connectivity index (χ1) is 66.4. The fourth-order valence-electron chi connectivity index (χ4n) is 15.5. The number of hydrogen-bond acceptors (Lipinski definition) is 23. The maximum Gasteiger partial charge on any atom is 0.245 e. The molecular weight excluding hydrogens is 1820 g/mol. The van der Waals surface area contributed by atoms with E-state index in [0.29, 0.717) is 42.1 Å². The van der Waals surface area contributed by atoms with E-state index in [9.17, 15) is 96.2 Å². The van der Waals surface area contributed by atoms with E-state index in [1.807, 2.05) is 13.8 Å². The minimum atomic E-state index is -1.82. The van der Waals surface area contributed by atoms with Crippen LogP contribution in [0.2, 0.25) is 0 Å². The lowest BCUT2D eigenvalue weighted by Crippen LogP contribution is -2.62. The Morgan fingerprint density at radius 3 is 1.18 bits per heavy atom. The maximum atomic E-state index is 14.8. The number of aromatic nitrogens is 1. The number of carbonyl (C=O) groups is 19. The number of rotatable bonds is 73. The van der Waals surface area contributed by atoms with Gasteiger partial charge in [0.1, 0.15) is 84.6 Å². The van der Waals surface area contributed by atoms with Gasteiger partial charge in [0.15, 0.2) is 5.96 Å². The van der Waals surface area contributed by atoms with Gasteiger partial charge in [-0.15, -0.1) is 0 Å². The van der Waals surface area contributed by atoms with Gasteiger partial charge in [0.25, 0.3) is 0 Å². The van der Waals surface area contributed by atoms with E-state index < -0.39 is 265 Å². The highest BCUT2D eigenvalue weighted by Gasteiger charge is 2.41. The number of nitrogens with two attached hydrogens (primary N) is 8. The van der Waals surface area contributed by atoms with Crippen molar-refractivity contribution in [2.45, 2.75) is 380 Å². The average molecular weight is 1990 g/mol. The van der Waals surface area contributed by atoms with Gasteiger partial charge in [0, 0.05) is 49.3 Å². The Kier molecular flexibility index (Phi) is 58.9. The number of fused-ring (bicyclic) bond motifs is 1. The molecule has 0 spiro atoms. The fraction of sp³-hybridized carbons (Fsp3) is 0.708. The molecule has 33 N–H and O–H groups in total. The highest BCUT2D eigenvalue weighted by Crippen LogP contribution is 2.23. The number of hydrogen-bond donors (Lipinski definition) is 25. The number of H-pyrrole nitrogens is 1. The van der Waals surface area contributed by atoms with Crippen molar-refractivity contribution in [1.29, 1.82) is 0 Å². The molecule has 1 aromatic carbocycles. The van der Waals surface area contributed by atoms with Gasteiger partial charge in [-0.3, -0.25) is 96.1 Å². The Morgan fingerprint density at radius 1 is 0.369 bits per heavy atom. The third kappa shape index (κ3) is 48.7. The lowest BCUT2D eigenvalue weighted by atomic mass is 9.97. The number of aromatic amines is 1. The van der Waals surface area contributed by atoms with Crippen LogP contribution >= 0.6 is 0 Å². The third-order valence-electron chi connectivity index (χ3n) is 24.2. The predicted molar refractivity (Wildman–Crippen MR) is 533 cm³/mol. The summed E-state index contributed by atoms with van der Waals surface area (Å²) in [6, 6.07) is -14.5. The van der Waals surface area contributed by atoms with E-state index >= 15 is 0 Å². The van der Waals surface area contributed by atoms with Crippen LogP contribution in [0.1, 0.15) is 283 Å². The molecule has 0 aliphatic carbocycles. The predicted octanol–water partition coefficient (Wildman–Crippen LogP) is -0.996. The molecule has 1 aromatic heterocycles. The van der Waals surface area contributed by atoms with Crippen molar-refractivity contribution in [1.82, 2.24) is 84.7 Å². The average Bonchev–Trinajstić information content (AvgIpc) is 1.69. The Bertz CT molecular complexity index is 4410. The largest absolute Gasteiger partial charge is 0.391 e. The minimum absolute atomic E-state index is 0.0443. The molecule has 45 heteroatoms. The zero-order chi connectivity index (χ0) is 106. The number of unbranched alkanes of at least 4 members (excludes halogenated alkanes) is 10. The van der Waals surface area contributed by atoms with Gasteiger partial charge >= 0.3 is 0 Å². The Morgan fingerprint density at radius 2 is 0.738 bits per heavy atom. The van der Waals surface area contributed by atoms with Crippen LogP contribution in [0.4, 0.5) is 0 Å². The molecule has 141 heavy (non-hydrogen) atoms. The number of aliphatic hydroxyl groups is 1. The number of amides is 19. The summed E-state index contributed by atoms with van der Waals surface area (Å²) < 4.78 is 0. The molecule has 2 aromatic rings. The van der Waals surface area contributed by atoms with Crippen LogP contribution in [0.25, 0.3) is 10.9 Å². The third-order valence-corrected chi connectivity index (χ3v) is 24.2. The smallest absolute Gasteiger partial charge is 0.245 e. The van der Waals surface area contributed by atoms with Crippen molar-refractivity contribution < 1.29 is 96.2 Å². The molecule has 0 saturated carbocycles. The van der Waals surface area contributed by atoms with Crippen molar-refractivity contribution in [3.8, 4) is 0 Å². The number of nitrogens with one attached hydrogen (secondary N) is 16. The zero-order valence-corrected chi connectivity index (χ0v) is 85.3. The molecule has 18 atom stereocenters. The second-order valence-electron chi connectivity index (χ2n) is 38.4. The van der Waals surface area contributed by atoms with Crippen molar-refractivity contribution in [2.24, 2.45) is 86.4 Å². The molecule has 1 heterocycles. The normalized spacial score (nSPS) is 15.2. The molecule has 0 fully saturated rings. The van der Waals surface area contributed by atoms with E-state index in [-0.39, 0.29) is 101 Å². The molecule has 0 radical (unpaired) electrons. The van der Waals surface area contributed by atoms with Gasteiger partial charge in [-0.25, -0.2) is 0 Å². The van der Waals surface area contributed by atoms with Crippen LogP contribution in [0.15, 0.2) is 35.5 Å². The molecule has 0 aliphatic heterocycles. The van der Waals surface area contributed by atoms with Gasteiger partial charge in [0.05, 0.1) is 18.7 Å². The number of benzene rings is 1. The summed E-state index contributed by atoms with van der Waals surface area (Å²) in [7, 11) is 0. The van der Waals surface area contributed by atoms with Crippen LogP contribution in [0.3, 0.4) is 0 Å². The number of aliphatic imine (C=N–C) groups is 1. The fourth-order valence-corrected chi connectivity index (χ4v) is 15.5. The van der Waals surface area contributed by atoms with Crippen molar-refractivity contribution in [3.63, 3.8) is 0 Å². The molecular formula is C96H167N25O20. The second kappa shape index (κ2) is 66.5. The van der Waals surface area contributed by atoms with E-state index in [2.05, 4.69) is 96.7 Å². The van der Waals surface area contributed by atoms with E-state index in [0.717, 1.165) is 25.7 Å². The number of carbonyl (C=O) groups excluding carboxylic acids is 19. The van der Waals surface area contributed by atoms with Gasteiger partial charge in [-0.1, -0.05) is 185 Å². The van der Waals surface area contributed by atoms with Crippen molar-refractivity contribution >= 4 is 129 Å². The molecule has 19 amide bonds. The SMILES string of the molecule is CCCCCCCCCCCCC(N)C(=O)N[C@@H](CC(C)C)C(=O)N[C@@H](CCC(N)=O)C(=O)N[C@@H](CC(C)C)C(=O)N[C@H](C(=O)N[C@H](C(=O)N[C@@H](Cc1c[nH]c2ccccc12)C(=O)NCC(=O)N[C@H](C(=O)N[C@@H](CCCCN)C(=O)N[C@@H](CCC(N)=O)C(=O)N[C@@H](CC(C)C)C(=O)N[C@@H](CCC(N)=O)C(=O)N[C@@H](C)C(=O)N[C@@H](CCCN=C(N)N)C(=O)N[C@H](C(N)=O)[C@@H](C)CC)[C@@H](C)CC)C(C)C)[C@@H](C)O. The molecule has 0 aliphatic rings. The van der Waals surface area contributed by atoms with Gasteiger partial charge in [-0.2, -0.15) is 0 Å². The lowest BCUT2D eigenvalue weighted by Gasteiger charge is -2.30. The molecule has 796 valence electrons. The number of aliphatic hydroxyl groups excluding tert-OH is 1. The van der Waals surface area contributed by atoms with Gasteiger partial charge in [-0.05, 0) is 145 Å². The zero-order valence-electron chi connectivity index (χ0n) is 85.3. The summed E-state index contributed by atoms with van der Waals surface area (Å²) in [5.41, 5.74) is 46.6. The highest BCUT2D eigenvalue weighted by molar-refractivity contribution is 6.02. The van der Waals surface area contributed by atoms with Crippen LogP contribution in [-0.4, -0.2) is 245 Å². The standard InChI is InChI=1S/C96H167N25O20/c1-16-19-20-21-22-23-24-25-26-27-34-62(98)83(129)114-69(46-52(4)5)90(136)112-68(40-43-75(101)125)88(134)116-71(48-54(8)9)92(138)121-80(59(15)122)95(141)119-77(55(10)11)93(139)117-72(49-60-50-106-63-35-29-28-33-61(60)63)84(130)107-51-76(126)118-79(57(13)18-3)94(140)113-64(36-30-31-44-97)86(132)110-67(39-42-74(100)124)87(133)115-70(47-53(6)7)91(137)111-66(38-41-73(99)123)85(131)108-58(14)82(128)109-65(37-32-45-105-96(103)104)89(135)120-78(81(102)127)56(12)17-2/h28-29,33,35,50,52-59,62,64-72,77-80,106,122H,16-27,30-32,34,36-49,51,97-98H2,1-15H3,(H2,99,123)(H2,100,124)(H2,101,125)(H2,102,127)(H,107,130)(H,108,131)(H,109,128)(H,110,132)(H,111,137)(H,112,136)(H,113,140)(H,114,129)(H,115,133)(H,116,134)(H,117,139)(H,118,126)(H,119,141)(H,120,135)(H,121,138)(H4,103,104,105)/t56-,57-,58-,59+,62?,64-,65-,66-,67-,68-,69-,70-,71-,72-,77-,78-,79-,80-/m0/s1. The Labute approximate surface area is 828 Å². The summed E-state index contributed by atoms with van der Waals surface area (Å²) in [4.78, 5) is 272. The highest BCUT2D eigenvalue weighted by atomic mass is 16.3. The van der Waals surface area contributed by atoms with Gasteiger partial charge in [0.2, 0.25) is 112 Å². The summed E-state index contributed by atoms with van der Waals surface area (Å²) in [5, 5.41) is 50.8. The summed E-state index contributed by atoms with van der Waals surface area (Å²) in [6.45, 7) is 24.4. The number of guanidine groups is 1. The molecule has 2 rings (SSSR count). The van der Waals surface area contributed by atoms with Crippen LogP contribution in [-0.2, 0) is 97.5 Å². The molecule has 0 saturated heterocycles. The first kappa shape index (κ1) is 125. The van der Waals surface area contributed by atoms with Crippen LogP contribution < -0.4 is 126 Å². The van der Waals surface area contributed by atoms with Crippen molar-refractivity contribution in [3.05, 3.63) is 36.0 Å². The van der Waals surface area contributed by atoms with E-state index in [1.165, 1.54) is 46.0 Å². The Balaban J connectivity index is 2.51. The first-order valence-electron chi connectivity index (χ1n) is 49.8. The maximum absolute atomic E-state index is 14.8. The second-order valence-corrected chi connectivity index (χ2v) is 38.4. The first-order valence-corrected chi connectivity index (χ1v) is 49.8. The molecule has 1 unspecified atom stereocenters. The Hall–Kier alpha value is -12.2. The summed E-state index contributed by atoms with van der Waals surface area (Å²) in [5.74, 6) is -20.2. The van der Waals surface area contributed by atoms with E-state index in [4.69, 9.17) is 45.9 Å². The van der Waals surface area contributed by atoms with Crippen LogP contribution in [0.5, 0.6) is 0 Å². The monoisotopic (exact) mass is 1990 g/mol. The summed E-state index contributed by atoms with van der Waals surface area (Å²) >= 11 is 0. The topological polar surface area (TPSA) is 761 Å². The number of nitrogens with zero attached hydrogens (tertiary/aromatic N) is 1. The number of para-hydroxylation sites is 1. The number of primary amides is 4. The van der Waals surface area contributed by atoms with E-state index in [1.54, 1.807) is 99.7 Å². The molecule has 0 bridgehead atoms. The van der Waals surface area contributed by atoms with Gasteiger partial charge < -0.3 is 136 Å². The van der Waals surface area contributed by atoms with Crippen molar-refractivity contribution in [2.75, 3.05) is 19.6 Å². The molecule has 45 nitrogen and oxygen atoms in total. The summed E-state index contributed by atoms with van der Waals surface area (Å²) in [6.07, 6.45) is 9.44.